The molecular weight excluding hydrogens is 450 g/mol. The first-order chi connectivity index (χ1) is 16.6. The van der Waals surface area contributed by atoms with E-state index in [0.29, 0.717) is 11.3 Å². The summed E-state index contributed by atoms with van der Waals surface area (Å²) in [5, 5.41) is 2.97. The van der Waals surface area contributed by atoms with Crippen molar-refractivity contribution in [3.63, 3.8) is 0 Å². The Hall–Kier alpha value is -3.74. The summed E-state index contributed by atoms with van der Waals surface area (Å²) < 4.78 is 32.3. The standard InChI is InChI=1S/C28H30F2N2O3/c1-28(2,3)31-27(34)25(17-20-7-5-4-6-8-20)32(18-21-9-11-22(29)12-10-21)26(33)19-35-24-15-13-23(30)14-16-24/h4-16,25H,17-19H2,1-3H3,(H,31,34). The minimum atomic E-state index is -0.842. The number of carbonyl (C=O) groups is 2. The zero-order valence-electron chi connectivity index (χ0n) is 20.1. The summed E-state index contributed by atoms with van der Waals surface area (Å²) in [7, 11) is 0. The van der Waals surface area contributed by atoms with Crippen LogP contribution in [0.2, 0.25) is 0 Å². The Morgan fingerprint density at radius 3 is 2.00 bits per heavy atom. The van der Waals surface area contributed by atoms with Gasteiger partial charge in [0.15, 0.2) is 6.61 Å². The lowest BCUT2D eigenvalue weighted by molar-refractivity contribution is -0.143. The van der Waals surface area contributed by atoms with Crippen molar-refractivity contribution >= 4 is 11.8 Å². The van der Waals surface area contributed by atoms with Crippen LogP contribution in [0.25, 0.3) is 0 Å². The third-order valence-corrected chi connectivity index (χ3v) is 5.21. The van der Waals surface area contributed by atoms with Gasteiger partial charge in [0.05, 0.1) is 0 Å². The van der Waals surface area contributed by atoms with Gasteiger partial charge in [-0.15, -0.1) is 0 Å². The lowest BCUT2D eigenvalue weighted by Gasteiger charge is -2.33. The Bertz CT molecular complexity index is 1110. The van der Waals surface area contributed by atoms with Gasteiger partial charge in [-0.3, -0.25) is 9.59 Å². The number of hydrogen-bond donors (Lipinski definition) is 1. The van der Waals surface area contributed by atoms with Gasteiger partial charge in [-0.25, -0.2) is 8.78 Å². The molecule has 0 aliphatic heterocycles. The SMILES string of the molecule is CC(C)(C)NC(=O)C(Cc1ccccc1)N(Cc1ccc(F)cc1)C(=O)COc1ccc(F)cc1. The van der Waals surface area contributed by atoms with Gasteiger partial charge in [0, 0.05) is 18.5 Å². The molecule has 0 saturated carbocycles. The van der Waals surface area contributed by atoms with Crippen LogP contribution in [0.4, 0.5) is 8.78 Å². The fourth-order valence-corrected chi connectivity index (χ4v) is 3.55. The number of carbonyl (C=O) groups excluding carboxylic acids is 2. The highest BCUT2D eigenvalue weighted by Gasteiger charge is 2.32. The topological polar surface area (TPSA) is 58.6 Å². The molecule has 2 amide bonds. The summed E-state index contributed by atoms with van der Waals surface area (Å²) >= 11 is 0. The molecule has 0 spiro atoms. The van der Waals surface area contributed by atoms with E-state index in [0.717, 1.165) is 5.56 Å². The van der Waals surface area contributed by atoms with E-state index in [-0.39, 0.29) is 25.5 Å². The molecule has 0 saturated heterocycles. The summed E-state index contributed by atoms with van der Waals surface area (Å²) in [5.74, 6) is -1.21. The van der Waals surface area contributed by atoms with Crippen LogP contribution in [0.1, 0.15) is 31.9 Å². The fraction of sp³-hybridized carbons (Fsp3) is 0.286. The molecule has 5 nitrogen and oxygen atoms in total. The lowest BCUT2D eigenvalue weighted by Crippen LogP contribution is -2.55. The van der Waals surface area contributed by atoms with E-state index in [9.17, 15) is 18.4 Å². The van der Waals surface area contributed by atoms with Crippen LogP contribution in [0.15, 0.2) is 78.9 Å². The van der Waals surface area contributed by atoms with E-state index in [4.69, 9.17) is 4.74 Å². The average molecular weight is 481 g/mol. The van der Waals surface area contributed by atoms with Gasteiger partial charge in [-0.1, -0.05) is 42.5 Å². The van der Waals surface area contributed by atoms with Crippen molar-refractivity contribution in [2.24, 2.45) is 0 Å². The number of benzene rings is 3. The van der Waals surface area contributed by atoms with Crippen molar-refractivity contribution in [3.8, 4) is 5.75 Å². The molecule has 7 heteroatoms. The summed E-state index contributed by atoms with van der Waals surface area (Å²) in [6.07, 6.45) is 0.284. The molecule has 35 heavy (non-hydrogen) atoms. The minimum Gasteiger partial charge on any atom is -0.484 e. The molecule has 0 aromatic heterocycles. The van der Waals surface area contributed by atoms with E-state index < -0.39 is 29.1 Å². The van der Waals surface area contributed by atoms with Crippen LogP contribution < -0.4 is 10.1 Å². The Morgan fingerprint density at radius 1 is 0.857 bits per heavy atom. The molecular formula is C28H30F2N2O3. The van der Waals surface area contributed by atoms with Crippen LogP contribution in [0.5, 0.6) is 5.75 Å². The van der Waals surface area contributed by atoms with Crippen molar-refractivity contribution < 1.29 is 23.1 Å². The van der Waals surface area contributed by atoms with Gasteiger partial charge in [0.25, 0.3) is 5.91 Å². The quantitative estimate of drug-likeness (QED) is 0.474. The molecule has 1 N–H and O–H groups in total. The molecule has 1 unspecified atom stereocenters. The highest BCUT2D eigenvalue weighted by molar-refractivity contribution is 5.89. The highest BCUT2D eigenvalue weighted by atomic mass is 19.1. The number of ether oxygens (including phenoxy) is 1. The molecule has 0 heterocycles. The second kappa shape index (κ2) is 11.6. The number of amides is 2. The Labute approximate surface area is 204 Å². The lowest BCUT2D eigenvalue weighted by atomic mass is 10.0. The first-order valence-electron chi connectivity index (χ1n) is 11.4. The zero-order chi connectivity index (χ0) is 25.4. The third-order valence-electron chi connectivity index (χ3n) is 5.21. The smallest absolute Gasteiger partial charge is 0.261 e. The maximum Gasteiger partial charge on any atom is 0.261 e. The number of nitrogens with one attached hydrogen (secondary N) is 1. The van der Waals surface area contributed by atoms with Crippen LogP contribution in [-0.2, 0) is 22.6 Å². The van der Waals surface area contributed by atoms with Gasteiger partial charge in [-0.05, 0) is 68.3 Å². The van der Waals surface area contributed by atoms with E-state index in [1.807, 2.05) is 51.1 Å². The van der Waals surface area contributed by atoms with Crippen molar-refractivity contribution in [2.75, 3.05) is 6.61 Å². The van der Waals surface area contributed by atoms with E-state index in [1.54, 1.807) is 12.1 Å². The van der Waals surface area contributed by atoms with Gasteiger partial charge < -0.3 is 15.0 Å². The Balaban J connectivity index is 1.91. The molecule has 0 aliphatic carbocycles. The van der Waals surface area contributed by atoms with Gasteiger partial charge in [-0.2, -0.15) is 0 Å². The monoisotopic (exact) mass is 480 g/mol. The summed E-state index contributed by atoms with van der Waals surface area (Å²) in [6, 6.07) is 19.7. The molecule has 1 atom stereocenters. The molecule has 3 rings (SSSR count). The summed E-state index contributed by atoms with van der Waals surface area (Å²) in [4.78, 5) is 28.3. The first kappa shape index (κ1) is 25.9. The molecule has 3 aromatic rings. The number of rotatable bonds is 9. The maximum absolute atomic E-state index is 13.5. The number of hydrogen-bond acceptors (Lipinski definition) is 3. The number of nitrogens with zero attached hydrogens (tertiary/aromatic N) is 1. The van der Waals surface area contributed by atoms with Crippen molar-refractivity contribution in [1.29, 1.82) is 0 Å². The van der Waals surface area contributed by atoms with Gasteiger partial charge in [0.1, 0.15) is 23.4 Å². The van der Waals surface area contributed by atoms with Crippen LogP contribution in [0, 0.1) is 11.6 Å². The number of halogens is 2. The molecule has 184 valence electrons. The zero-order valence-corrected chi connectivity index (χ0v) is 20.1. The van der Waals surface area contributed by atoms with Crippen molar-refractivity contribution in [3.05, 3.63) is 102 Å². The Morgan fingerprint density at radius 2 is 1.43 bits per heavy atom. The Kier molecular flexibility index (Phi) is 8.58. The van der Waals surface area contributed by atoms with Crippen LogP contribution in [0.3, 0.4) is 0 Å². The van der Waals surface area contributed by atoms with Crippen molar-refractivity contribution in [1.82, 2.24) is 10.2 Å². The summed E-state index contributed by atoms with van der Waals surface area (Å²) in [5.41, 5.74) is 1.04. The molecule has 0 radical (unpaired) electrons. The molecule has 0 aliphatic rings. The normalized spacial score (nSPS) is 12.0. The minimum absolute atomic E-state index is 0.0843. The summed E-state index contributed by atoms with van der Waals surface area (Å²) in [6.45, 7) is 5.35. The second-order valence-corrected chi connectivity index (χ2v) is 9.34. The van der Waals surface area contributed by atoms with E-state index >= 15 is 0 Å². The van der Waals surface area contributed by atoms with E-state index in [2.05, 4.69) is 5.32 Å². The highest BCUT2D eigenvalue weighted by Crippen LogP contribution is 2.18. The van der Waals surface area contributed by atoms with E-state index in [1.165, 1.54) is 41.3 Å². The van der Waals surface area contributed by atoms with Crippen molar-refractivity contribution in [2.45, 2.75) is 45.3 Å². The fourth-order valence-electron chi connectivity index (χ4n) is 3.55. The molecule has 3 aromatic carbocycles. The molecule has 0 bridgehead atoms. The van der Waals surface area contributed by atoms with Gasteiger partial charge >= 0.3 is 0 Å². The largest absolute Gasteiger partial charge is 0.484 e. The predicted octanol–water partition coefficient (Wildman–Crippen LogP) is 4.90. The van der Waals surface area contributed by atoms with Gasteiger partial charge in [0.2, 0.25) is 5.91 Å². The van der Waals surface area contributed by atoms with Crippen LogP contribution >= 0.6 is 0 Å². The third kappa shape index (κ3) is 8.21. The molecule has 0 fully saturated rings. The first-order valence-corrected chi connectivity index (χ1v) is 11.4. The maximum atomic E-state index is 13.5. The average Bonchev–Trinajstić information content (AvgIpc) is 2.81. The predicted molar refractivity (Wildman–Crippen MR) is 131 cm³/mol. The second-order valence-electron chi connectivity index (χ2n) is 9.34. The van der Waals surface area contributed by atoms with Crippen LogP contribution in [-0.4, -0.2) is 34.9 Å².